The van der Waals surface area contributed by atoms with Crippen LogP contribution in [0.1, 0.15) is 53.5 Å². The second kappa shape index (κ2) is 9.32. The molecule has 6 heteroatoms. The third kappa shape index (κ3) is 4.61. The molecule has 1 fully saturated rings. The molecule has 0 unspecified atom stereocenters. The summed E-state index contributed by atoms with van der Waals surface area (Å²) in [5, 5.41) is 0. The van der Waals surface area contributed by atoms with Gasteiger partial charge in [0.05, 0.1) is 23.2 Å². The first-order chi connectivity index (χ1) is 13.6. The highest BCUT2D eigenvalue weighted by molar-refractivity contribution is 7.11. The Morgan fingerprint density at radius 1 is 1.29 bits per heavy atom. The molecule has 150 valence electrons. The summed E-state index contributed by atoms with van der Waals surface area (Å²) in [5.74, 6) is -0.182. The number of piperidine rings is 1. The van der Waals surface area contributed by atoms with Crippen molar-refractivity contribution in [2.24, 2.45) is 5.41 Å². The van der Waals surface area contributed by atoms with Crippen molar-refractivity contribution in [3.63, 3.8) is 0 Å². The zero-order chi connectivity index (χ0) is 20.0. The number of aromatic nitrogens is 1. The van der Waals surface area contributed by atoms with Crippen molar-refractivity contribution in [1.29, 1.82) is 0 Å². The van der Waals surface area contributed by atoms with Crippen molar-refractivity contribution in [2.75, 3.05) is 19.7 Å². The van der Waals surface area contributed by atoms with Gasteiger partial charge in [-0.2, -0.15) is 0 Å². The second-order valence-corrected chi connectivity index (χ2v) is 8.29. The van der Waals surface area contributed by atoms with Crippen molar-refractivity contribution >= 4 is 23.2 Å². The van der Waals surface area contributed by atoms with Crippen LogP contribution in [-0.4, -0.2) is 41.5 Å². The average Bonchev–Trinajstić information content (AvgIpc) is 3.14. The Morgan fingerprint density at radius 3 is 2.75 bits per heavy atom. The molecule has 1 aliphatic heterocycles. The Bertz CT molecular complexity index is 805. The highest BCUT2D eigenvalue weighted by atomic mass is 32.1. The molecule has 1 atom stereocenters. The van der Waals surface area contributed by atoms with E-state index in [1.165, 1.54) is 16.9 Å². The topological polar surface area (TPSA) is 59.5 Å². The highest BCUT2D eigenvalue weighted by Gasteiger charge is 2.44. The van der Waals surface area contributed by atoms with Crippen molar-refractivity contribution in [3.8, 4) is 0 Å². The van der Waals surface area contributed by atoms with Gasteiger partial charge >= 0.3 is 5.97 Å². The Hall–Kier alpha value is -2.21. The van der Waals surface area contributed by atoms with E-state index < -0.39 is 5.41 Å². The first-order valence-electron chi connectivity index (χ1n) is 9.96. The van der Waals surface area contributed by atoms with Crippen LogP contribution in [0.5, 0.6) is 0 Å². The van der Waals surface area contributed by atoms with E-state index in [0.717, 1.165) is 37.8 Å². The smallest absolute Gasteiger partial charge is 0.313 e. The Kier molecular flexibility index (Phi) is 6.83. The van der Waals surface area contributed by atoms with Crippen LogP contribution >= 0.6 is 11.3 Å². The first-order valence-corrected chi connectivity index (χ1v) is 10.8. The molecule has 5 nitrogen and oxygen atoms in total. The minimum absolute atomic E-state index is 0.0172. The van der Waals surface area contributed by atoms with E-state index in [-0.39, 0.29) is 11.9 Å². The molecule has 1 aliphatic rings. The van der Waals surface area contributed by atoms with Crippen LogP contribution in [0.3, 0.4) is 0 Å². The summed E-state index contributed by atoms with van der Waals surface area (Å²) >= 11 is 1.37. The molecular weight excluding hydrogens is 372 g/mol. The van der Waals surface area contributed by atoms with Crippen LogP contribution in [-0.2, 0) is 16.0 Å². The fourth-order valence-corrected chi connectivity index (χ4v) is 4.76. The molecule has 0 saturated carbocycles. The second-order valence-electron chi connectivity index (χ2n) is 7.44. The lowest BCUT2D eigenvalue weighted by Crippen LogP contribution is -2.50. The minimum Gasteiger partial charge on any atom is -0.466 e. The van der Waals surface area contributed by atoms with Crippen LogP contribution in [0.25, 0.3) is 0 Å². The summed E-state index contributed by atoms with van der Waals surface area (Å²) in [5.41, 5.74) is 3.11. The van der Waals surface area contributed by atoms with Gasteiger partial charge in [-0.3, -0.25) is 9.59 Å². The summed E-state index contributed by atoms with van der Waals surface area (Å²) in [6, 6.07) is 10.3. The quantitative estimate of drug-likeness (QED) is 0.652. The molecule has 0 spiro atoms. The van der Waals surface area contributed by atoms with Crippen LogP contribution in [0.15, 0.2) is 35.8 Å². The number of benzene rings is 1. The highest BCUT2D eigenvalue weighted by Crippen LogP contribution is 2.37. The van der Waals surface area contributed by atoms with Gasteiger partial charge in [-0.25, -0.2) is 4.98 Å². The summed E-state index contributed by atoms with van der Waals surface area (Å²) < 4.78 is 5.44. The molecule has 0 aliphatic carbocycles. The van der Waals surface area contributed by atoms with Crippen LogP contribution in [0.2, 0.25) is 0 Å². The number of rotatable bonds is 7. The number of esters is 1. The molecule has 0 bridgehead atoms. The molecule has 1 aromatic carbocycles. The SMILES string of the molecule is CCOC(=O)[C@]1(CCCc2ccccc2)CCCN(C(=O)c2scnc2C)C1. The van der Waals surface area contributed by atoms with E-state index in [2.05, 4.69) is 17.1 Å². The van der Waals surface area contributed by atoms with E-state index in [1.54, 1.807) is 5.51 Å². The monoisotopic (exact) mass is 400 g/mol. The molecule has 3 rings (SSSR count). The van der Waals surface area contributed by atoms with Gasteiger partial charge in [0.2, 0.25) is 0 Å². The maximum atomic E-state index is 13.0. The lowest BCUT2D eigenvalue weighted by Gasteiger charge is -2.41. The van der Waals surface area contributed by atoms with Crippen LogP contribution < -0.4 is 0 Å². The normalized spacial score (nSPS) is 19.4. The molecule has 0 N–H and O–H groups in total. The third-order valence-corrected chi connectivity index (χ3v) is 6.39. The predicted octanol–water partition coefficient (Wildman–Crippen LogP) is 4.26. The molecule has 0 radical (unpaired) electrons. The summed E-state index contributed by atoms with van der Waals surface area (Å²) in [6.07, 6.45) is 4.13. The van der Waals surface area contributed by atoms with Crippen LogP contribution in [0.4, 0.5) is 0 Å². The van der Waals surface area contributed by atoms with Gasteiger partial charge in [0.1, 0.15) is 4.88 Å². The van der Waals surface area contributed by atoms with Gasteiger partial charge in [0.25, 0.3) is 5.91 Å². The fourth-order valence-electron chi connectivity index (χ4n) is 3.99. The predicted molar refractivity (Wildman–Crippen MR) is 110 cm³/mol. The van der Waals surface area contributed by atoms with E-state index in [0.29, 0.717) is 24.6 Å². The Labute approximate surface area is 170 Å². The molecule has 1 aromatic heterocycles. The number of thiazole rings is 1. The number of carbonyl (C=O) groups is 2. The van der Waals surface area contributed by atoms with Gasteiger partial charge in [-0.05, 0) is 51.5 Å². The van der Waals surface area contributed by atoms with Crippen molar-refractivity contribution in [1.82, 2.24) is 9.88 Å². The number of hydrogen-bond donors (Lipinski definition) is 0. The van der Waals surface area contributed by atoms with Crippen molar-refractivity contribution < 1.29 is 14.3 Å². The summed E-state index contributed by atoms with van der Waals surface area (Å²) in [6.45, 7) is 5.15. The van der Waals surface area contributed by atoms with Gasteiger partial charge in [0.15, 0.2) is 0 Å². The van der Waals surface area contributed by atoms with Gasteiger partial charge in [-0.15, -0.1) is 11.3 Å². The van der Waals surface area contributed by atoms with Crippen molar-refractivity contribution in [3.05, 3.63) is 52.0 Å². The maximum absolute atomic E-state index is 13.0. The average molecular weight is 401 g/mol. The van der Waals surface area contributed by atoms with E-state index >= 15 is 0 Å². The molecular formula is C22H28N2O3S. The van der Waals surface area contributed by atoms with Gasteiger partial charge < -0.3 is 9.64 Å². The Balaban J connectivity index is 1.73. The third-order valence-electron chi connectivity index (χ3n) is 5.48. The van der Waals surface area contributed by atoms with Crippen molar-refractivity contribution in [2.45, 2.75) is 46.0 Å². The molecule has 1 amide bonds. The lowest BCUT2D eigenvalue weighted by molar-refractivity contribution is -0.159. The van der Waals surface area contributed by atoms with E-state index in [4.69, 9.17) is 4.74 Å². The molecule has 1 saturated heterocycles. The number of likely N-dealkylation sites (tertiary alicyclic amines) is 1. The van der Waals surface area contributed by atoms with Crippen LogP contribution in [0, 0.1) is 12.3 Å². The van der Waals surface area contributed by atoms with E-state index in [1.807, 2.05) is 36.9 Å². The number of amides is 1. The molecule has 28 heavy (non-hydrogen) atoms. The zero-order valence-corrected chi connectivity index (χ0v) is 17.5. The number of carbonyl (C=O) groups excluding carboxylic acids is 2. The fraction of sp³-hybridized carbons (Fsp3) is 0.500. The Morgan fingerprint density at radius 2 is 2.07 bits per heavy atom. The number of ether oxygens (including phenoxy) is 1. The van der Waals surface area contributed by atoms with Gasteiger partial charge in [-0.1, -0.05) is 30.3 Å². The number of aryl methyl sites for hydroxylation is 2. The largest absolute Gasteiger partial charge is 0.466 e. The zero-order valence-electron chi connectivity index (χ0n) is 16.6. The molecule has 2 heterocycles. The molecule has 2 aromatic rings. The minimum atomic E-state index is -0.614. The number of nitrogens with zero attached hydrogens (tertiary/aromatic N) is 2. The lowest BCUT2D eigenvalue weighted by atomic mass is 9.75. The van der Waals surface area contributed by atoms with E-state index in [9.17, 15) is 9.59 Å². The summed E-state index contributed by atoms with van der Waals surface area (Å²) in [7, 11) is 0. The standard InChI is InChI=1S/C22H28N2O3S/c1-3-27-21(26)22(12-7-11-18-9-5-4-6-10-18)13-8-14-24(15-22)20(25)19-17(2)23-16-28-19/h4-6,9-10,16H,3,7-8,11-15H2,1-2H3/t22-/m1/s1. The summed E-state index contributed by atoms with van der Waals surface area (Å²) in [4.78, 5) is 32.6. The maximum Gasteiger partial charge on any atom is 0.313 e. The number of hydrogen-bond acceptors (Lipinski definition) is 5. The van der Waals surface area contributed by atoms with Gasteiger partial charge in [0, 0.05) is 13.1 Å². The first kappa shape index (κ1) is 20.5.